The van der Waals surface area contributed by atoms with E-state index in [1.807, 2.05) is 0 Å². The lowest BCUT2D eigenvalue weighted by Gasteiger charge is -2.07. The predicted molar refractivity (Wildman–Crippen MR) is 52.0 cm³/mol. The Bertz CT molecular complexity index is 376. The Kier molecular flexibility index (Phi) is 2.83. The topological polar surface area (TPSA) is 113 Å². The zero-order valence-electron chi connectivity index (χ0n) is 7.40. The predicted octanol–water partition coefficient (Wildman–Crippen LogP) is 0.0551. The van der Waals surface area contributed by atoms with Crippen molar-refractivity contribution in [2.75, 3.05) is 0 Å². The molecule has 0 aromatic heterocycles. The molecule has 0 aliphatic heterocycles. The molecular weight excluding hydrogens is 182 g/mol. The van der Waals surface area contributed by atoms with Gasteiger partial charge in [0, 0.05) is 5.56 Å². The quantitative estimate of drug-likeness (QED) is 0.401. The lowest BCUT2D eigenvalue weighted by molar-refractivity contribution is -0.138. The van der Waals surface area contributed by atoms with E-state index in [0.29, 0.717) is 11.1 Å². The van der Waals surface area contributed by atoms with Crippen molar-refractivity contribution in [3.8, 4) is 0 Å². The number of carboxylic acid groups (broad SMARTS) is 1. The van der Waals surface area contributed by atoms with Gasteiger partial charge in [-0.3, -0.25) is 10.2 Å². The molecule has 1 unspecified atom stereocenters. The van der Waals surface area contributed by atoms with E-state index in [0.717, 1.165) is 0 Å². The molecule has 1 aromatic carbocycles. The summed E-state index contributed by atoms with van der Waals surface area (Å²) < 4.78 is 0. The molecule has 0 spiro atoms. The van der Waals surface area contributed by atoms with Crippen LogP contribution in [0.15, 0.2) is 24.3 Å². The Balaban J connectivity index is 3.05. The first-order valence-corrected chi connectivity index (χ1v) is 3.95. The van der Waals surface area contributed by atoms with Gasteiger partial charge >= 0.3 is 5.97 Å². The summed E-state index contributed by atoms with van der Waals surface area (Å²) in [5.74, 6) is -1.21. The molecule has 0 aliphatic carbocycles. The molecule has 0 saturated carbocycles. The normalized spacial score (nSPS) is 12.1. The summed E-state index contributed by atoms with van der Waals surface area (Å²) in [5.41, 5.74) is 11.6. The van der Waals surface area contributed by atoms with Gasteiger partial charge in [-0.2, -0.15) is 0 Å². The van der Waals surface area contributed by atoms with Crippen molar-refractivity contribution in [3.05, 3.63) is 35.4 Å². The number of hydrogen-bond acceptors (Lipinski definition) is 3. The van der Waals surface area contributed by atoms with Gasteiger partial charge in [-0.05, 0) is 11.6 Å². The number of benzene rings is 1. The van der Waals surface area contributed by atoms with Crippen molar-refractivity contribution in [3.63, 3.8) is 0 Å². The van der Waals surface area contributed by atoms with E-state index in [2.05, 4.69) is 0 Å². The van der Waals surface area contributed by atoms with Crippen molar-refractivity contribution in [1.29, 1.82) is 5.41 Å². The lowest BCUT2D eigenvalue weighted by Crippen LogP contribution is -2.21. The Hall–Kier alpha value is -1.88. The molecular formula is C9H11N3O2. The Morgan fingerprint density at radius 3 is 2.64 bits per heavy atom. The third-order valence-electron chi connectivity index (χ3n) is 1.82. The molecule has 0 radical (unpaired) electrons. The van der Waals surface area contributed by atoms with Gasteiger partial charge in [-0.1, -0.05) is 18.2 Å². The van der Waals surface area contributed by atoms with E-state index in [1.54, 1.807) is 18.2 Å². The third kappa shape index (κ3) is 2.08. The van der Waals surface area contributed by atoms with E-state index >= 15 is 0 Å². The Labute approximate surface area is 80.8 Å². The molecule has 6 N–H and O–H groups in total. The van der Waals surface area contributed by atoms with Crippen molar-refractivity contribution in [1.82, 2.24) is 0 Å². The SMILES string of the molecule is N=C(N)c1cccc(C(N)C(=O)O)c1. The number of hydrogen-bond donors (Lipinski definition) is 4. The van der Waals surface area contributed by atoms with Gasteiger partial charge in [-0.15, -0.1) is 0 Å². The first kappa shape index (κ1) is 10.2. The minimum atomic E-state index is -1.11. The van der Waals surface area contributed by atoms with Crippen LogP contribution in [-0.4, -0.2) is 16.9 Å². The van der Waals surface area contributed by atoms with Gasteiger partial charge < -0.3 is 16.6 Å². The second-order valence-electron chi connectivity index (χ2n) is 2.86. The second kappa shape index (κ2) is 3.89. The third-order valence-corrected chi connectivity index (χ3v) is 1.82. The minimum absolute atomic E-state index is 0.107. The number of nitrogens with two attached hydrogens (primary N) is 2. The highest BCUT2D eigenvalue weighted by atomic mass is 16.4. The molecule has 0 bridgehead atoms. The molecule has 1 atom stereocenters. The van der Waals surface area contributed by atoms with Crippen LogP contribution in [0, 0.1) is 5.41 Å². The molecule has 14 heavy (non-hydrogen) atoms. The number of amidine groups is 1. The van der Waals surface area contributed by atoms with Crippen LogP contribution in [0.2, 0.25) is 0 Å². The van der Waals surface area contributed by atoms with E-state index < -0.39 is 12.0 Å². The Morgan fingerprint density at radius 2 is 2.14 bits per heavy atom. The molecule has 1 aromatic rings. The van der Waals surface area contributed by atoms with Crippen LogP contribution in [0.3, 0.4) is 0 Å². The average molecular weight is 193 g/mol. The highest BCUT2D eigenvalue weighted by molar-refractivity contribution is 5.95. The average Bonchev–Trinajstić information content (AvgIpc) is 2.16. The molecule has 0 heterocycles. The molecule has 74 valence electrons. The standard InChI is InChI=1S/C9H11N3O2/c10-7(9(13)14)5-2-1-3-6(4-5)8(11)12/h1-4,7H,10H2,(H3,11,12)(H,13,14). The van der Waals surface area contributed by atoms with Crippen LogP contribution in [0.25, 0.3) is 0 Å². The fourth-order valence-corrected chi connectivity index (χ4v) is 1.04. The van der Waals surface area contributed by atoms with Crippen molar-refractivity contribution in [2.24, 2.45) is 11.5 Å². The highest BCUT2D eigenvalue weighted by Gasteiger charge is 2.14. The number of rotatable bonds is 3. The summed E-state index contributed by atoms with van der Waals surface area (Å²) in [7, 11) is 0. The maximum atomic E-state index is 10.6. The van der Waals surface area contributed by atoms with Gasteiger partial charge in [0.25, 0.3) is 0 Å². The van der Waals surface area contributed by atoms with E-state index in [9.17, 15) is 4.79 Å². The number of aliphatic carboxylic acids is 1. The van der Waals surface area contributed by atoms with Crippen LogP contribution in [0.4, 0.5) is 0 Å². The zero-order chi connectivity index (χ0) is 10.7. The van der Waals surface area contributed by atoms with Crippen LogP contribution in [0.1, 0.15) is 17.2 Å². The molecule has 0 amide bonds. The van der Waals surface area contributed by atoms with Crippen molar-refractivity contribution < 1.29 is 9.90 Å². The molecule has 1 rings (SSSR count). The maximum Gasteiger partial charge on any atom is 0.325 e. The summed E-state index contributed by atoms with van der Waals surface area (Å²) in [5, 5.41) is 15.8. The minimum Gasteiger partial charge on any atom is -0.480 e. The fourth-order valence-electron chi connectivity index (χ4n) is 1.04. The first-order valence-electron chi connectivity index (χ1n) is 3.95. The van der Waals surface area contributed by atoms with E-state index in [-0.39, 0.29) is 5.84 Å². The summed E-state index contributed by atoms with van der Waals surface area (Å²) in [6, 6.07) is 5.26. The second-order valence-corrected chi connectivity index (χ2v) is 2.86. The molecule has 5 nitrogen and oxygen atoms in total. The van der Waals surface area contributed by atoms with Crippen LogP contribution in [0.5, 0.6) is 0 Å². The van der Waals surface area contributed by atoms with E-state index in [1.165, 1.54) is 6.07 Å². The number of nitrogen functional groups attached to an aromatic ring is 1. The van der Waals surface area contributed by atoms with Crippen molar-refractivity contribution >= 4 is 11.8 Å². The van der Waals surface area contributed by atoms with Gasteiger partial charge in [0.05, 0.1) is 0 Å². The lowest BCUT2D eigenvalue weighted by atomic mass is 10.0. The molecule has 0 fully saturated rings. The molecule has 5 heteroatoms. The monoisotopic (exact) mass is 193 g/mol. The summed E-state index contributed by atoms with van der Waals surface area (Å²) in [6.07, 6.45) is 0. The summed E-state index contributed by atoms with van der Waals surface area (Å²) in [6.45, 7) is 0. The highest BCUT2D eigenvalue weighted by Crippen LogP contribution is 2.12. The van der Waals surface area contributed by atoms with Crippen LogP contribution in [-0.2, 0) is 4.79 Å². The van der Waals surface area contributed by atoms with Gasteiger partial charge in [0.2, 0.25) is 0 Å². The number of carboxylic acids is 1. The van der Waals surface area contributed by atoms with Crippen LogP contribution >= 0.6 is 0 Å². The maximum absolute atomic E-state index is 10.6. The zero-order valence-corrected chi connectivity index (χ0v) is 7.40. The van der Waals surface area contributed by atoms with Gasteiger partial charge in [-0.25, -0.2) is 0 Å². The van der Waals surface area contributed by atoms with Crippen LogP contribution < -0.4 is 11.5 Å². The van der Waals surface area contributed by atoms with Gasteiger partial charge in [0.15, 0.2) is 0 Å². The Morgan fingerprint density at radius 1 is 1.50 bits per heavy atom. The molecule has 0 aliphatic rings. The fraction of sp³-hybridized carbons (Fsp3) is 0.111. The van der Waals surface area contributed by atoms with Gasteiger partial charge in [0.1, 0.15) is 11.9 Å². The van der Waals surface area contributed by atoms with Crippen molar-refractivity contribution in [2.45, 2.75) is 6.04 Å². The summed E-state index contributed by atoms with van der Waals surface area (Å²) in [4.78, 5) is 10.6. The number of nitrogens with one attached hydrogen (secondary N) is 1. The molecule has 0 saturated heterocycles. The largest absolute Gasteiger partial charge is 0.480 e. The smallest absolute Gasteiger partial charge is 0.325 e. The van der Waals surface area contributed by atoms with E-state index in [4.69, 9.17) is 22.0 Å². The first-order chi connectivity index (χ1) is 6.52. The number of carbonyl (C=O) groups is 1. The summed E-state index contributed by atoms with van der Waals surface area (Å²) >= 11 is 0.